The van der Waals surface area contributed by atoms with E-state index in [2.05, 4.69) is 25.7 Å². The van der Waals surface area contributed by atoms with Crippen LogP contribution in [0.5, 0.6) is 0 Å². The van der Waals surface area contributed by atoms with Gasteiger partial charge in [-0.15, -0.1) is 0 Å². The molecule has 0 radical (unpaired) electrons. The molecule has 0 aliphatic heterocycles. The molecule has 8 nitrogen and oxygen atoms in total. The Balaban J connectivity index is 4.14. The molecule has 48 heavy (non-hydrogen) atoms. The molecular weight excluding hydrogens is 604 g/mol. The van der Waals surface area contributed by atoms with Crippen LogP contribution in [-0.2, 0) is 23.9 Å². The molecule has 0 saturated heterocycles. The molecule has 0 aromatic carbocycles. The van der Waals surface area contributed by atoms with Gasteiger partial charge in [0, 0.05) is 19.3 Å². The van der Waals surface area contributed by atoms with Crippen LogP contribution >= 0.6 is 0 Å². The van der Waals surface area contributed by atoms with Crippen LogP contribution in [0.2, 0.25) is 0 Å². The lowest BCUT2D eigenvalue weighted by Gasteiger charge is -2.22. The molecule has 0 bridgehead atoms. The molecule has 0 aromatic heterocycles. The molecular formula is C40H78N2O6. The van der Waals surface area contributed by atoms with Crippen molar-refractivity contribution in [3.63, 3.8) is 0 Å². The van der Waals surface area contributed by atoms with E-state index >= 15 is 0 Å². The number of rotatable bonds is 37. The monoisotopic (exact) mass is 683 g/mol. The van der Waals surface area contributed by atoms with Crippen LogP contribution in [0, 0.1) is 0 Å². The number of nitrogens with zero attached hydrogens (tertiary/aromatic N) is 1. The molecule has 0 heterocycles. The summed E-state index contributed by atoms with van der Waals surface area (Å²) >= 11 is 0. The summed E-state index contributed by atoms with van der Waals surface area (Å²) in [5, 5.41) is 8.81. The third kappa shape index (κ3) is 32.9. The van der Waals surface area contributed by atoms with Crippen molar-refractivity contribution in [1.29, 1.82) is 0 Å². The predicted molar refractivity (Wildman–Crippen MR) is 198 cm³/mol. The Morgan fingerprint density at radius 1 is 0.521 bits per heavy atom. The predicted octanol–water partition coefficient (Wildman–Crippen LogP) is 10.6. The smallest absolute Gasteiger partial charge is 0.306 e. The van der Waals surface area contributed by atoms with Crippen molar-refractivity contribution in [3.8, 4) is 0 Å². The van der Waals surface area contributed by atoms with Crippen LogP contribution < -0.4 is 5.48 Å². The Morgan fingerprint density at radius 2 is 0.958 bits per heavy atom. The second-order valence-corrected chi connectivity index (χ2v) is 14.0. The van der Waals surface area contributed by atoms with Gasteiger partial charge < -0.3 is 14.4 Å². The van der Waals surface area contributed by atoms with Gasteiger partial charge in [0.1, 0.15) is 6.10 Å². The fourth-order valence-corrected chi connectivity index (χ4v) is 6.19. The van der Waals surface area contributed by atoms with Crippen LogP contribution in [-0.4, -0.2) is 60.3 Å². The number of hydrogen-bond donors (Lipinski definition) is 2. The topological polar surface area (TPSA) is 105 Å². The largest absolute Gasteiger partial charge is 0.466 e. The standard InChI is InChI=1S/C40H78N2O6/c1-4-7-10-12-19-26-36-47-39(44)31-22-15-13-17-24-33-42(35-27-30-38(43)41-46)34-25-18-14-16-23-32-40(45)48-37(28-20-9-6-3)29-21-11-8-5-2/h37,46H,4-36H2,1-3H3,(H,41,43). The number of ether oxygens (including phenoxy) is 2. The molecule has 0 aliphatic rings. The van der Waals surface area contributed by atoms with Gasteiger partial charge in [-0.25, -0.2) is 5.48 Å². The zero-order valence-electron chi connectivity index (χ0n) is 31.8. The second-order valence-electron chi connectivity index (χ2n) is 14.0. The summed E-state index contributed by atoms with van der Waals surface area (Å²) in [5.74, 6) is -0.405. The number of carbonyl (C=O) groups is 3. The minimum Gasteiger partial charge on any atom is -0.466 e. The number of carbonyl (C=O) groups excluding carboxylic acids is 3. The van der Waals surface area contributed by atoms with Crippen LogP contribution in [0.25, 0.3) is 0 Å². The lowest BCUT2D eigenvalue weighted by Crippen LogP contribution is -2.28. The fraction of sp³-hybridized carbons (Fsp3) is 0.925. The van der Waals surface area contributed by atoms with E-state index in [1.165, 1.54) is 57.8 Å². The minimum atomic E-state index is -0.331. The zero-order chi connectivity index (χ0) is 35.3. The van der Waals surface area contributed by atoms with Gasteiger partial charge in [0.15, 0.2) is 0 Å². The summed E-state index contributed by atoms with van der Waals surface area (Å²) in [4.78, 5) is 38.4. The van der Waals surface area contributed by atoms with E-state index in [1.807, 2.05) is 0 Å². The number of esters is 2. The number of unbranched alkanes of at least 4 members (excludes halogenated alkanes) is 18. The van der Waals surface area contributed by atoms with Crippen molar-refractivity contribution in [3.05, 3.63) is 0 Å². The van der Waals surface area contributed by atoms with Crippen molar-refractivity contribution in [1.82, 2.24) is 10.4 Å². The van der Waals surface area contributed by atoms with E-state index in [1.54, 1.807) is 5.48 Å². The van der Waals surface area contributed by atoms with Crippen LogP contribution in [0.1, 0.15) is 207 Å². The summed E-state index contributed by atoms with van der Waals surface area (Å²) < 4.78 is 11.3. The van der Waals surface area contributed by atoms with E-state index in [4.69, 9.17) is 14.7 Å². The average Bonchev–Trinajstić information content (AvgIpc) is 3.08. The molecule has 0 fully saturated rings. The van der Waals surface area contributed by atoms with E-state index in [9.17, 15) is 14.4 Å². The maximum absolute atomic E-state index is 12.5. The normalized spacial score (nSPS) is 11.9. The summed E-state index contributed by atoms with van der Waals surface area (Å²) in [6.07, 6.45) is 30.4. The Morgan fingerprint density at radius 3 is 1.54 bits per heavy atom. The highest BCUT2D eigenvalue weighted by Crippen LogP contribution is 2.17. The molecule has 8 heteroatoms. The highest BCUT2D eigenvalue weighted by Gasteiger charge is 2.14. The maximum Gasteiger partial charge on any atom is 0.306 e. The van der Waals surface area contributed by atoms with Crippen LogP contribution in [0.3, 0.4) is 0 Å². The SMILES string of the molecule is CCCCCCCCOC(=O)CCCCCCCN(CCCCCCCC(=O)OC(CCCCC)CCCCCC)CCCC(=O)NO. The number of hydroxylamine groups is 1. The minimum absolute atomic E-state index is 0.0199. The lowest BCUT2D eigenvalue weighted by atomic mass is 10.0. The fourth-order valence-electron chi connectivity index (χ4n) is 6.19. The van der Waals surface area contributed by atoms with Gasteiger partial charge in [-0.1, -0.05) is 124 Å². The number of hydrogen-bond acceptors (Lipinski definition) is 7. The van der Waals surface area contributed by atoms with E-state index in [0.717, 1.165) is 129 Å². The van der Waals surface area contributed by atoms with Gasteiger partial charge in [0.05, 0.1) is 6.61 Å². The summed E-state index contributed by atoms with van der Waals surface area (Å²) in [7, 11) is 0. The van der Waals surface area contributed by atoms with E-state index in [-0.39, 0.29) is 23.9 Å². The Kier molecular flexibility index (Phi) is 35.3. The van der Waals surface area contributed by atoms with Gasteiger partial charge in [-0.05, 0) is 83.8 Å². The van der Waals surface area contributed by atoms with Crippen LogP contribution in [0.4, 0.5) is 0 Å². The molecule has 0 spiro atoms. The third-order valence-electron chi connectivity index (χ3n) is 9.28. The Hall–Kier alpha value is -1.67. The number of amides is 1. The van der Waals surface area contributed by atoms with Crippen molar-refractivity contribution in [2.24, 2.45) is 0 Å². The van der Waals surface area contributed by atoms with Gasteiger partial charge in [0.2, 0.25) is 5.91 Å². The maximum atomic E-state index is 12.5. The van der Waals surface area contributed by atoms with Crippen molar-refractivity contribution in [2.45, 2.75) is 213 Å². The van der Waals surface area contributed by atoms with E-state index < -0.39 is 0 Å². The molecule has 0 aromatic rings. The van der Waals surface area contributed by atoms with Crippen molar-refractivity contribution >= 4 is 17.8 Å². The number of nitrogens with one attached hydrogen (secondary N) is 1. The first-order valence-electron chi connectivity index (χ1n) is 20.5. The first-order chi connectivity index (χ1) is 23.5. The Bertz CT molecular complexity index is 735. The lowest BCUT2D eigenvalue weighted by molar-refractivity contribution is -0.150. The third-order valence-corrected chi connectivity index (χ3v) is 9.28. The first kappa shape index (κ1) is 46.3. The summed E-state index contributed by atoms with van der Waals surface area (Å²) in [5.41, 5.74) is 1.73. The van der Waals surface area contributed by atoms with Gasteiger partial charge in [-0.2, -0.15) is 0 Å². The molecule has 284 valence electrons. The quantitative estimate of drug-likeness (QED) is 0.0291. The van der Waals surface area contributed by atoms with Crippen LogP contribution in [0.15, 0.2) is 0 Å². The highest BCUT2D eigenvalue weighted by molar-refractivity contribution is 5.74. The summed E-state index contributed by atoms with van der Waals surface area (Å²) in [6, 6.07) is 0. The van der Waals surface area contributed by atoms with Gasteiger partial charge >= 0.3 is 11.9 Å². The first-order valence-corrected chi connectivity index (χ1v) is 20.5. The van der Waals surface area contributed by atoms with E-state index in [0.29, 0.717) is 25.9 Å². The molecule has 1 amide bonds. The molecule has 0 rings (SSSR count). The average molecular weight is 683 g/mol. The Labute approximate surface area is 296 Å². The molecule has 1 unspecified atom stereocenters. The van der Waals surface area contributed by atoms with Gasteiger partial charge in [-0.3, -0.25) is 19.6 Å². The van der Waals surface area contributed by atoms with Crippen molar-refractivity contribution < 1.29 is 29.1 Å². The van der Waals surface area contributed by atoms with Crippen molar-refractivity contribution in [2.75, 3.05) is 26.2 Å². The molecule has 1 atom stereocenters. The summed E-state index contributed by atoms with van der Waals surface area (Å²) in [6.45, 7) is 10.1. The van der Waals surface area contributed by atoms with Gasteiger partial charge in [0.25, 0.3) is 0 Å². The highest BCUT2D eigenvalue weighted by atomic mass is 16.5. The molecule has 2 N–H and O–H groups in total. The second kappa shape index (κ2) is 36.6. The zero-order valence-corrected chi connectivity index (χ0v) is 31.8. The molecule has 0 saturated carbocycles. The molecule has 0 aliphatic carbocycles.